The Morgan fingerprint density at radius 1 is 1.10 bits per heavy atom. The summed E-state index contributed by atoms with van der Waals surface area (Å²) < 4.78 is 24.4. The van der Waals surface area contributed by atoms with E-state index in [4.69, 9.17) is 5.73 Å². The lowest BCUT2D eigenvalue weighted by molar-refractivity contribution is 0.578. The molecule has 0 bridgehead atoms. The lowest BCUT2D eigenvalue weighted by atomic mass is 9.87. The Morgan fingerprint density at radius 3 is 2.10 bits per heavy atom. The Labute approximate surface area is 123 Å². The van der Waals surface area contributed by atoms with Gasteiger partial charge in [-0.15, -0.1) is 0 Å². The topological polar surface area (TPSA) is 60.2 Å². The fraction of sp³-hybridized carbons (Fsp3) is 0.625. The summed E-state index contributed by atoms with van der Waals surface area (Å²) >= 11 is 0. The van der Waals surface area contributed by atoms with Gasteiger partial charge in [0.1, 0.15) is 0 Å². The second-order valence-electron chi connectivity index (χ2n) is 6.57. The van der Waals surface area contributed by atoms with E-state index in [0.29, 0.717) is 11.3 Å². The summed E-state index contributed by atoms with van der Waals surface area (Å²) in [6.07, 6.45) is 2.40. The van der Waals surface area contributed by atoms with Crippen molar-refractivity contribution in [2.45, 2.75) is 63.3 Å². The van der Waals surface area contributed by atoms with Crippen LogP contribution in [0, 0.1) is 0 Å². The molecule has 0 saturated heterocycles. The van der Waals surface area contributed by atoms with Gasteiger partial charge in [0.15, 0.2) is 9.84 Å². The van der Waals surface area contributed by atoms with E-state index < -0.39 is 9.84 Å². The van der Waals surface area contributed by atoms with E-state index >= 15 is 0 Å². The van der Waals surface area contributed by atoms with Gasteiger partial charge in [-0.25, -0.2) is 8.42 Å². The average molecular weight is 297 g/mol. The van der Waals surface area contributed by atoms with Crippen LogP contribution in [0.5, 0.6) is 0 Å². The first-order valence-electron chi connectivity index (χ1n) is 7.22. The van der Waals surface area contributed by atoms with Crippen LogP contribution in [-0.2, 0) is 15.3 Å². The molecular weight excluding hydrogens is 270 g/mol. The molecular formula is C16H27NO2S. The van der Waals surface area contributed by atoms with Crippen LogP contribution in [0.3, 0.4) is 0 Å². The molecule has 0 spiro atoms. The number of nitrogens with two attached hydrogens (primary N) is 1. The third-order valence-electron chi connectivity index (χ3n) is 3.40. The van der Waals surface area contributed by atoms with Gasteiger partial charge in [-0.1, -0.05) is 39.3 Å². The normalized spacial score (nSPS) is 14.2. The molecule has 0 aliphatic carbocycles. The summed E-state index contributed by atoms with van der Waals surface area (Å²) in [6.45, 7) is 8.29. The second-order valence-corrected chi connectivity index (χ2v) is 8.68. The summed E-state index contributed by atoms with van der Waals surface area (Å²) in [5, 5.41) is 0. The van der Waals surface area contributed by atoms with E-state index in [1.165, 1.54) is 0 Å². The molecule has 2 N–H and O–H groups in total. The fourth-order valence-electron chi connectivity index (χ4n) is 2.04. The van der Waals surface area contributed by atoms with E-state index in [0.717, 1.165) is 18.4 Å². The quantitative estimate of drug-likeness (QED) is 0.820. The molecule has 0 heterocycles. The van der Waals surface area contributed by atoms with Crippen molar-refractivity contribution in [3.05, 3.63) is 29.8 Å². The molecule has 114 valence electrons. The van der Waals surface area contributed by atoms with Gasteiger partial charge < -0.3 is 5.73 Å². The standard InChI is InChI=1S/C16H27NO2S/c1-13(17)7-5-6-12-20(18,19)15-10-8-14(9-11-15)16(2,3)4/h8-11,13H,5-7,12,17H2,1-4H3. The first-order chi connectivity index (χ1) is 9.13. The Morgan fingerprint density at radius 2 is 1.65 bits per heavy atom. The number of hydrogen-bond acceptors (Lipinski definition) is 3. The zero-order valence-electron chi connectivity index (χ0n) is 13.0. The molecule has 1 atom stereocenters. The van der Waals surface area contributed by atoms with E-state index in [2.05, 4.69) is 20.8 Å². The maximum absolute atomic E-state index is 12.2. The first-order valence-corrected chi connectivity index (χ1v) is 8.87. The molecule has 20 heavy (non-hydrogen) atoms. The first kappa shape index (κ1) is 17.2. The minimum absolute atomic E-state index is 0.0412. The Bertz CT molecular complexity index is 510. The van der Waals surface area contributed by atoms with Crippen molar-refractivity contribution >= 4 is 9.84 Å². The predicted octanol–water partition coefficient (Wildman–Crippen LogP) is 3.28. The van der Waals surface area contributed by atoms with Crippen LogP contribution in [0.15, 0.2) is 29.2 Å². The highest BCUT2D eigenvalue weighted by Gasteiger charge is 2.17. The van der Waals surface area contributed by atoms with E-state index in [1.54, 1.807) is 12.1 Å². The summed E-state index contributed by atoms with van der Waals surface area (Å²) in [6, 6.07) is 7.41. The zero-order chi connectivity index (χ0) is 15.4. The third kappa shape index (κ3) is 5.25. The smallest absolute Gasteiger partial charge is 0.178 e. The number of unbranched alkanes of at least 4 members (excludes halogenated alkanes) is 1. The summed E-state index contributed by atoms with van der Waals surface area (Å²) in [5.41, 5.74) is 6.85. The molecule has 1 unspecified atom stereocenters. The molecule has 0 aliphatic heterocycles. The molecule has 0 amide bonds. The molecule has 4 heteroatoms. The molecule has 0 aliphatic rings. The van der Waals surface area contributed by atoms with Gasteiger partial charge in [0.2, 0.25) is 0 Å². The van der Waals surface area contributed by atoms with Gasteiger partial charge in [-0.3, -0.25) is 0 Å². The van der Waals surface area contributed by atoms with Gasteiger partial charge in [0, 0.05) is 6.04 Å². The fourth-order valence-corrected chi connectivity index (χ4v) is 3.41. The van der Waals surface area contributed by atoms with Gasteiger partial charge >= 0.3 is 0 Å². The molecule has 0 fully saturated rings. The third-order valence-corrected chi connectivity index (χ3v) is 5.22. The van der Waals surface area contributed by atoms with Crippen LogP contribution < -0.4 is 5.73 Å². The van der Waals surface area contributed by atoms with Crippen molar-refractivity contribution in [3.8, 4) is 0 Å². The van der Waals surface area contributed by atoms with Crippen molar-refractivity contribution in [2.24, 2.45) is 5.73 Å². The maximum atomic E-state index is 12.2. The highest BCUT2D eigenvalue weighted by Crippen LogP contribution is 2.24. The van der Waals surface area contributed by atoms with Crippen LogP contribution >= 0.6 is 0 Å². The maximum Gasteiger partial charge on any atom is 0.178 e. The molecule has 1 aromatic carbocycles. The van der Waals surface area contributed by atoms with Crippen molar-refractivity contribution in [2.75, 3.05) is 5.75 Å². The van der Waals surface area contributed by atoms with Crippen molar-refractivity contribution < 1.29 is 8.42 Å². The predicted molar refractivity (Wildman–Crippen MR) is 84.7 cm³/mol. The Balaban J connectivity index is 2.69. The van der Waals surface area contributed by atoms with Gasteiger partial charge in [-0.05, 0) is 42.9 Å². The van der Waals surface area contributed by atoms with Crippen molar-refractivity contribution in [1.82, 2.24) is 0 Å². The molecule has 0 saturated carbocycles. The van der Waals surface area contributed by atoms with Crippen LogP contribution in [0.4, 0.5) is 0 Å². The number of sulfone groups is 1. The van der Waals surface area contributed by atoms with Crippen LogP contribution in [0.2, 0.25) is 0 Å². The van der Waals surface area contributed by atoms with Crippen LogP contribution in [0.25, 0.3) is 0 Å². The highest BCUT2D eigenvalue weighted by atomic mass is 32.2. The van der Waals surface area contributed by atoms with Gasteiger partial charge in [0.25, 0.3) is 0 Å². The molecule has 0 aromatic heterocycles. The highest BCUT2D eigenvalue weighted by molar-refractivity contribution is 7.91. The lowest BCUT2D eigenvalue weighted by Gasteiger charge is -2.19. The SMILES string of the molecule is CC(N)CCCCS(=O)(=O)c1ccc(C(C)(C)C)cc1. The summed E-state index contributed by atoms with van der Waals surface area (Å²) in [4.78, 5) is 0.422. The number of rotatable bonds is 6. The van der Waals surface area contributed by atoms with Gasteiger partial charge in [-0.2, -0.15) is 0 Å². The van der Waals surface area contributed by atoms with Crippen LogP contribution in [0.1, 0.15) is 52.5 Å². The minimum Gasteiger partial charge on any atom is -0.328 e. The molecule has 1 rings (SSSR count). The summed E-state index contributed by atoms with van der Waals surface area (Å²) in [7, 11) is -3.16. The zero-order valence-corrected chi connectivity index (χ0v) is 13.8. The van der Waals surface area contributed by atoms with Gasteiger partial charge in [0.05, 0.1) is 10.6 Å². The van der Waals surface area contributed by atoms with Crippen molar-refractivity contribution in [1.29, 1.82) is 0 Å². The second kappa shape index (κ2) is 6.72. The van der Waals surface area contributed by atoms with E-state index in [1.807, 2.05) is 19.1 Å². The molecule has 1 aromatic rings. The Kier molecular flexibility index (Phi) is 5.78. The molecule has 3 nitrogen and oxygen atoms in total. The molecule has 0 radical (unpaired) electrons. The number of benzene rings is 1. The summed E-state index contributed by atoms with van der Waals surface area (Å²) in [5.74, 6) is 0.203. The van der Waals surface area contributed by atoms with E-state index in [-0.39, 0.29) is 17.2 Å². The minimum atomic E-state index is -3.16. The van der Waals surface area contributed by atoms with E-state index in [9.17, 15) is 8.42 Å². The Hall–Kier alpha value is -0.870. The van der Waals surface area contributed by atoms with Crippen LogP contribution in [-0.4, -0.2) is 20.2 Å². The lowest BCUT2D eigenvalue weighted by Crippen LogP contribution is -2.15. The average Bonchev–Trinajstić information content (AvgIpc) is 2.34. The largest absolute Gasteiger partial charge is 0.328 e. The number of hydrogen-bond donors (Lipinski definition) is 1. The van der Waals surface area contributed by atoms with Crippen molar-refractivity contribution in [3.63, 3.8) is 0 Å². The monoisotopic (exact) mass is 297 g/mol.